The van der Waals surface area contributed by atoms with Crippen LogP contribution in [0.1, 0.15) is 37.3 Å². The van der Waals surface area contributed by atoms with Crippen LogP contribution < -0.4 is 5.32 Å². The number of hydrogen-bond acceptors (Lipinski definition) is 3. The predicted molar refractivity (Wildman–Crippen MR) is 89.9 cm³/mol. The van der Waals surface area contributed by atoms with Crippen molar-refractivity contribution in [2.24, 2.45) is 0 Å². The number of nitrogens with zero attached hydrogens (tertiary/aromatic N) is 2. The third kappa shape index (κ3) is 3.41. The predicted octanol–water partition coefficient (Wildman–Crippen LogP) is 2.96. The van der Waals surface area contributed by atoms with E-state index in [4.69, 9.17) is 0 Å². The summed E-state index contributed by atoms with van der Waals surface area (Å²) >= 11 is 0. The van der Waals surface area contributed by atoms with E-state index in [2.05, 4.69) is 47.3 Å². The topological polar surface area (TPSA) is 18.5 Å². The highest BCUT2D eigenvalue weighted by Crippen LogP contribution is 2.27. The first kappa shape index (κ1) is 14.9. The van der Waals surface area contributed by atoms with Crippen molar-refractivity contribution in [3.8, 4) is 0 Å². The quantitative estimate of drug-likeness (QED) is 0.922. The fraction of sp³-hybridized carbons (Fsp3) is 0.667. The van der Waals surface area contributed by atoms with Gasteiger partial charge in [0.1, 0.15) is 0 Å². The lowest BCUT2D eigenvalue weighted by Crippen LogP contribution is -2.39. The molecule has 0 amide bonds. The van der Waals surface area contributed by atoms with Crippen molar-refractivity contribution in [2.75, 3.05) is 38.5 Å². The Morgan fingerprint density at radius 2 is 2.14 bits per heavy atom. The zero-order chi connectivity index (χ0) is 14.7. The third-order valence-electron chi connectivity index (χ3n) is 5.06. The first-order chi connectivity index (χ1) is 10.3. The fourth-order valence-corrected chi connectivity index (χ4v) is 3.84. The molecule has 0 spiro atoms. The van der Waals surface area contributed by atoms with Crippen molar-refractivity contribution < 1.29 is 0 Å². The summed E-state index contributed by atoms with van der Waals surface area (Å²) in [5.41, 5.74) is 4.48. The summed E-state index contributed by atoms with van der Waals surface area (Å²) in [7, 11) is 2.26. The number of nitrogens with one attached hydrogen (secondary N) is 1. The minimum absolute atomic E-state index is 0.699. The molecule has 3 heteroatoms. The molecule has 1 aromatic rings. The molecule has 1 aromatic carbocycles. The van der Waals surface area contributed by atoms with Gasteiger partial charge in [-0.1, -0.05) is 19.1 Å². The van der Waals surface area contributed by atoms with E-state index in [0.29, 0.717) is 6.04 Å². The van der Waals surface area contributed by atoms with E-state index in [0.717, 1.165) is 13.1 Å². The Balaban J connectivity index is 1.78. The summed E-state index contributed by atoms with van der Waals surface area (Å²) in [6.45, 7) is 8.27. The van der Waals surface area contributed by atoms with E-state index in [-0.39, 0.29) is 0 Å². The first-order valence-corrected chi connectivity index (χ1v) is 8.55. The van der Waals surface area contributed by atoms with Crippen molar-refractivity contribution in [1.29, 1.82) is 0 Å². The van der Waals surface area contributed by atoms with Crippen molar-refractivity contribution in [3.05, 3.63) is 29.3 Å². The van der Waals surface area contributed by atoms with Gasteiger partial charge in [0.15, 0.2) is 0 Å². The van der Waals surface area contributed by atoms with Crippen LogP contribution in [0.3, 0.4) is 0 Å². The lowest BCUT2D eigenvalue weighted by molar-refractivity contribution is 0.175. The molecule has 1 saturated heterocycles. The van der Waals surface area contributed by atoms with Gasteiger partial charge in [-0.05, 0) is 56.5 Å². The first-order valence-electron chi connectivity index (χ1n) is 8.55. The minimum Gasteiger partial charge on any atom is -0.385 e. The zero-order valence-corrected chi connectivity index (χ0v) is 13.6. The molecule has 2 heterocycles. The number of benzene rings is 1. The van der Waals surface area contributed by atoms with Gasteiger partial charge in [0.05, 0.1) is 0 Å². The minimum atomic E-state index is 0.699. The summed E-state index contributed by atoms with van der Waals surface area (Å²) in [5.74, 6) is 0. The Bertz CT molecular complexity index is 472. The number of rotatable bonds is 3. The molecule has 0 saturated carbocycles. The fourth-order valence-electron chi connectivity index (χ4n) is 3.84. The Morgan fingerprint density at radius 3 is 3.00 bits per heavy atom. The average Bonchev–Trinajstić information content (AvgIpc) is 2.69. The Labute approximate surface area is 129 Å². The summed E-state index contributed by atoms with van der Waals surface area (Å²) in [6, 6.07) is 7.50. The molecule has 1 atom stereocenters. The van der Waals surface area contributed by atoms with Gasteiger partial charge in [0.2, 0.25) is 0 Å². The average molecular weight is 287 g/mol. The second kappa shape index (κ2) is 6.80. The van der Waals surface area contributed by atoms with E-state index >= 15 is 0 Å². The van der Waals surface area contributed by atoms with Crippen molar-refractivity contribution >= 4 is 5.69 Å². The molecule has 116 valence electrons. The normalized spacial score (nSPS) is 24.2. The van der Waals surface area contributed by atoms with Gasteiger partial charge in [-0.25, -0.2) is 0 Å². The second-order valence-corrected chi connectivity index (χ2v) is 6.62. The molecular formula is C18H29N3. The molecular weight excluding hydrogens is 258 g/mol. The Kier molecular flexibility index (Phi) is 4.81. The molecule has 1 unspecified atom stereocenters. The molecule has 0 radical (unpaired) electrons. The molecule has 2 aliphatic rings. The Hall–Kier alpha value is -1.06. The lowest BCUT2D eigenvalue weighted by Gasteiger charge is -2.31. The largest absolute Gasteiger partial charge is 0.385 e. The summed E-state index contributed by atoms with van der Waals surface area (Å²) in [4.78, 5) is 5.21. The zero-order valence-electron chi connectivity index (χ0n) is 13.6. The molecule has 21 heavy (non-hydrogen) atoms. The summed E-state index contributed by atoms with van der Waals surface area (Å²) < 4.78 is 0. The standard InChI is InChI=1S/C18H29N3/c1-3-16-14-20(2)11-6-12-21(16)13-15-7-4-9-18-17(15)8-5-10-19-18/h4,7,9,16,19H,3,5-6,8,10-14H2,1-2H3. The van der Waals surface area contributed by atoms with Crippen LogP contribution in [-0.2, 0) is 13.0 Å². The van der Waals surface area contributed by atoms with Crippen molar-refractivity contribution in [2.45, 2.75) is 45.2 Å². The molecule has 3 rings (SSSR count). The maximum absolute atomic E-state index is 3.56. The van der Waals surface area contributed by atoms with Gasteiger partial charge in [-0.3, -0.25) is 4.90 Å². The highest BCUT2D eigenvalue weighted by molar-refractivity contribution is 5.56. The molecule has 3 nitrogen and oxygen atoms in total. The van der Waals surface area contributed by atoms with E-state index in [9.17, 15) is 0 Å². The SMILES string of the molecule is CCC1CN(C)CCCN1Cc1cccc2c1CCCN2. The maximum atomic E-state index is 3.56. The second-order valence-electron chi connectivity index (χ2n) is 6.62. The van der Waals surface area contributed by atoms with Crippen LogP contribution in [0.15, 0.2) is 18.2 Å². The lowest BCUT2D eigenvalue weighted by atomic mass is 9.97. The van der Waals surface area contributed by atoms with Crippen molar-refractivity contribution in [3.63, 3.8) is 0 Å². The van der Waals surface area contributed by atoms with Crippen molar-refractivity contribution in [1.82, 2.24) is 9.80 Å². The van der Waals surface area contributed by atoms with Gasteiger partial charge in [0, 0.05) is 37.9 Å². The van der Waals surface area contributed by atoms with E-state index in [1.54, 1.807) is 11.1 Å². The highest BCUT2D eigenvalue weighted by atomic mass is 15.2. The summed E-state index contributed by atoms with van der Waals surface area (Å²) in [6.07, 6.45) is 5.05. The van der Waals surface area contributed by atoms with Crippen LogP contribution in [0.4, 0.5) is 5.69 Å². The van der Waals surface area contributed by atoms with Crippen LogP contribution in [0.25, 0.3) is 0 Å². The van der Waals surface area contributed by atoms with E-state index < -0.39 is 0 Å². The number of fused-ring (bicyclic) bond motifs is 1. The van der Waals surface area contributed by atoms with Gasteiger partial charge in [-0.2, -0.15) is 0 Å². The van der Waals surface area contributed by atoms with Crippen LogP contribution in [0, 0.1) is 0 Å². The van der Waals surface area contributed by atoms with Gasteiger partial charge in [-0.15, -0.1) is 0 Å². The van der Waals surface area contributed by atoms with Crippen LogP contribution in [0.5, 0.6) is 0 Å². The maximum Gasteiger partial charge on any atom is 0.0375 e. The highest BCUT2D eigenvalue weighted by Gasteiger charge is 2.23. The third-order valence-corrected chi connectivity index (χ3v) is 5.06. The molecule has 0 bridgehead atoms. The van der Waals surface area contributed by atoms with Crippen LogP contribution >= 0.6 is 0 Å². The van der Waals surface area contributed by atoms with E-state index in [1.807, 2.05) is 0 Å². The monoisotopic (exact) mass is 287 g/mol. The Morgan fingerprint density at radius 1 is 1.24 bits per heavy atom. The van der Waals surface area contributed by atoms with Gasteiger partial charge >= 0.3 is 0 Å². The van der Waals surface area contributed by atoms with Crippen LogP contribution in [0.2, 0.25) is 0 Å². The molecule has 1 N–H and O–H groups in total. The molecule has 0 aromatic heterocycles. The number of likely N-dealkylation sites (N-methyl/N-ethyl adjacent to an activating group) is 1. The smallest absolute Gasteiger partial charge is 0.0375 e. The molecule has 0 aliphatic carbocycles. The molecule has 2 aliphatic heterocycles. The van der Waals surface area contributed by atoms with Crippen LogP contribution in [-0.4, -0.2) is 49.1 Å². The summed E-state index contributed by atoms with van der Waals surface area (Å²) in [5, 5.41) is 3.56. The number of hydrogen-bond donors (Lipinski definition) is 1. The van der Waals surface area contributed by atoms with Gasteiger partial charge < -0.3 is 10.2 Å². The molecule has 1 fully saturated rings. The van der Waals surface area contributed by atoms with Gasteiger partial charge in [0.25, 0.3) is 0 Å². The number of anilines is 1. The van der Waals surface area contributed by atoms with E-state index in [1.165, 1.54) is 51.0 Å².